The van der Waals surface area contributed by atoms with E-state index in [9.17, 15) is 22.8 Å². The molecule has 0 saturated heterocycles. The third-order valence-electron chi connectivity index (χ3n) is 9.29. The van der Waals surface area contributed by atoms with Crippen LogP contribution in [0.4, 0.5) is 9.80 Å². The summed E-state index contributed by atoms with van der Waals surface area (Å²) < 4.78 is 30.0. The van der Waals surface area contributed by atoms with Gasteiger partial charge in [0.25, 0.3) is 11.8 Å². The fourth-order valence-corrected chi connectivity index (χ4v) is 10.1. The number of rotatable bonds is 8. The SMILES string of the molecule is CNC(=O)NC(=O)c1c(NC(=O)c2ccc(S(=O)(=O)N(C3CCCCC3)C3CCCCC3)cc2)sc2c1CCN(C(C)C)C2. The highest BCUT2D eigenvalue weighted by atomic mass is 32.2. The molecular weight excluding hydrogens is 599 g/mol. The number of benzene rings is 1. The minimum atomic E-state index is -3.74. The average Bonchev–Trinajstić information content (AvgIpc) is 3.39. The predicted molar refractivity (Wildman–Crippen MR) is 173 cm³/mol. The van der Waals surface area contributed by atoms with E-state index in [1.807, 2.05) is 4.31 Å². The van der Waals surface area contributed by atoms with Crippen LogP contribution in [0.15, 0.2) is 29.2 Å². The maximum Gasteiger partial charge on any atom is 0.321 e. The molecule has 0 unspecified atom stereocenters. The summed E-state index contributed by atoms with van der Waals surface area (Å²) in [6.45, 7) is 5.66. The Bertz CT molecular complexity index is 1440. The Morgan fingerprint density at radius 2 is 1.50 bits per heavy atom. The van der Waals surface area contributed by atoms with Crippen molar-refractivity contribution in [3.63, 3.8) is 0 Å². The zero-order valence-electron chi connectivity index (χ0n) is 26.0. The van der Waals surface area contributed by atoms with E-state index in [1.165, 1.54) is 30.5 Å². The number of anilines is 1. The molecule has 0 radical (unpaired) electrons. The summed E-state index contributed by atoms with van der Waals surface area (Å²) in [5.74, 6) is -1.01. The zero-order valence-corrected chi connectivity index (χ0v) is 27.6. The second-order valence-electron chi connectivity index (χ2n) is 12.5. The molecule has 3 aliphatic rings. The van der Waals surface area contributed by atoms with Crippen LogP contribution in [-0.4, -0.2) is 67.2 Å². The van der Waals surface area contributed by atoms with Crippen molar-refractivity contribution in [3.8, 4) is 0 Å². The number of sulfonamides is 1. The number of nitrogens with zero attached hydrogens (tertiary/aromatic N) is 2. The fourth-order valence-electron chi connectivity index (χ4n) is 6.86. The van der Waals surface area contributed by atoms with Crippen LogP contribution < -0.4 is 16.0 Å². The van der Waals surface area contributed by atoms with Gasteiger partial charge in [-0.1, -0.05) is 38.5 Å². The normalized spacial score (nSPS) is 18.7. The van der Waals surface area contributed by atoms with Gasteiger partial charge in [-0.2, -0.15) is 4.31 Å². The van der Waals surface area contributed by atoms with Crippen LogP contribution in [0.5, 0.6) is 0 Å². The van der Waals surface area contributed by atoms with Crippen LogP contribution in [0.2, 0.25) is 0 Å². The highest BCUT2D eigenvalue weighted by Crippen LogP contribution is 2.38. The number of hydrogen-bond donors (Lipinski definition) is 3. The van der Waals surface area contributed by atoms with Crippen molar-refractivity contribution >= 4 is 44.2 Å². The van der Waals surface area contributed by atoms with E-state index in [0.717, 1.165) is 81.2 Å². The molecule has 0 bridgehead atoms. The topological polar surface area (TPSA) is 128 Å². The quantitative estimate of drug-likeness (QED) is 0.349. The number of hydrogen-bond acceptors (Lipinski definition) is 7. The summed E-state index contributed by atoms with van der Waals surface area (Å²) in [6.07, 6.45) is 10.7. The molecule has 5 rings (SSSR count). The maximum absolute atomic E-state index is 14.1. The molecular formula is C32H45N5O5S2. The monoisotopic (exact) mass is 643 g/mol. The summed E-state index contributed by atoms with van der Waals surface area (Å²) in [5.41, 5.74) is 1.44. The number of carbonyl (C=O) groups is 3. The van der Waals surface area contributed by atoms with Gasteiger partial charge in [-0.25, -0.2) is 13.2 Å². The number of carbonyl (C=O) groups excluding carboxylic acids is 3. The lowest BCUT2D eigenvalue weighted by molar-refractivity contribution is 0.0963. The minimum Gasteiger partial charge on any atom is -0.341 e. The van der Waals surface area contributed by atoms with Gasteiger partial charge in [0.2, 0.25) is 10.0 Å². The van der Waals surface area contributed by atoms with E-state index in [-0.39, 0.29) is 17.0 Å². The van der Waals surface area contributed by atoms with Crippen LogP contribution >= 0.6 is 11.3 Å². The summed E-state index contributed by atoms with van der Waals surface area (Å²) in [5, 5.41) is 8.01. The second kappa shape index (κ2) is 14.1. The molecule has 3 N–H and O–H groups in total. The van der Waals surface area contributed by atoms with Crippen molar-refractivity contribution in [2.45, 2.75) is 114 Å². The molecule has 1 aliphatic heterocycles. The fraction of sp³-hybridized carbons (Fsp3) is 0.594. The van der Waals surface area contributed by atoms with Gasteiger partial charge in [0, 0.05) is 48.7 Å². The first-order valence-corrected chi connectivity index (χ1v) is 18.2. The van der Waals surface area contributed by atoms with Crippen LogP contribution in [0.3, 0.4) is 0 Å². The van der Waals surface area contributed by atoms with Crippen LogP contribution in [0, 0.1) is 0 Å². The van der Waals surface area contributed by atoms with Gasteiger partial charge in [-0.05, 0) is 75.8 Å². The zero-order chi connectivity index (χ0) is 31.4. The van der Waals surface area contributed by atoms with Crippen molar-refractivity contribution in [1.82, 2.24) is 19.8 Å². The number of nitrogens with one attached hydrogen (secondary N) is 3. The van der Waals surface area contributed by atoms with E-state index < -0.39 is 27.9 Å². The molecule has 10 nitrogen and oxygen atoms in total. The van der Waals surface area contributed by atoms with E-state index in [4.69, 9.17) is 0 Å². The largest absolute Gasteiger partial charge is 0.341 e. The average molecular weight is 644 g/mol. The first kappa shape index (κ1) is 32.6. The molecule has 4 amide bonds. The second-order valence-corrected chi connectivity index (χ2v) is 15.4. The van der Waals surface area contributed by atoms with Crippen molar-refractivity contribution in [3.05, 3.63) is 45.8 Å². The molecule has 12 heteroatoms. The Labute approximate surface area is 265 Å². The molecule has 1 aromatic heterocycles. The van der Waals surface area contributed by atoms with Gasteiger partial charge in [0.15, 0.2) is 0 Å². The van der Waals surface area contributed by atoms with Gasteiger partial charge in [-0.15, -0.1) is 11.3 Å². The molecule has 2 aliphatic carbocycles. The van der Waals surface area contributed by atoms with Crippen molar-refractivity contribution in [2.24, 2.45) is 0 Å². The number of imide groups is 1. The lowest BCUT2D eigenvalue weighted by atomic mass is 9.91. The Kier molecular flexibility index (Phi) is 10.4. The van der Waals surface area contributed by atoms with Crippen molar-refractivity contribution in [1.29, 1.82) is 0 Å². The molecule has 2 saturated carbocycles. The van der Waals surface area contributed by atoms with Crippen molar-refractivity contribution in [2.75, 3.05) is 18.9 Å². The highest BCUT2D eigenvalue weighted by molar-refractivity contribution is 7.89. The number of amides is 4. The number of urea groups is 1. The van der Waals surface area contributed by atoms with E-state index in [2.05, 4.69) is 34.7 Å². The lowest BCUT2D eigenvalue weighted by Gasteiger charge is -2.40. The third kappa shape index (κ3) is 7.03. The molecule has 240 valence electrons. The first-order chi connectivity index (χ1) is 21.1. The molecule has 0 atom stereocenters. The molecule has 1 aromatic carbocycles. The van der Waals surface area contributed by atoms with E-state index in [0.29, 0.717) is 35.1 Å². The Hall–Kier alpha value is -2.80. The van der Waals surface area contributed by atoms with Gasteiger partial charge in [0.05, 0.1) is 10.5 Å². The van der Waals surface area contributed by atoms with E-state index >= 15 is 0 Å². The molecule has 2 heterocycles. The summed E-state index contributed by atoms with van der Waals surface area (Å²) in [7, 11) is -2.31. The minimum absolute atomic E-state index is 0.0238. The molecule has 0 spiro atoms. The predicted octanol–water partition coefficient (Wildman–Crippen LogP) is 5.49. The Morgan fingerprint density at radius 3 is 2.05 bits per heavy atom. The van der Waals surface area contributed by atoms with Gasteiger partial charge in [0.1, 0.15) is 5.00 Å². The van der Waals surface area contributed by atoms with Gasteiger partial charge >= 0.3 is 6.03 Å². The van der Waals surface area contributed by atoms with Gasteiger partial charge < -0.3 is 10.6 Å². The third-order valence-corrected chi connectivity index (χ3v) is 12.4. The number of thiophene rings is 1. The van der Waals surface area contributed by atoms with Crippen LogP contribution in [0.25, 0.3) is 0 Å². The maximum atomic E-state index is 14.1. The van der Waals surface area contributed by atoms with Crippen LogP contribution in [-0.2, 0) is 23.0 Å². The Morgan fingerprint density at radius 1 is 0.909 bits per heavy atom. The van der Waals surface area contributed by atoms with Gasteiger partial charge in [-0.3, -0.25) is 19.8 Å². The molecule has 44 heavy (non-hydrogen) atoms. The smallest absolute Gasteiger partial charge is 0.321 e. The summed E-state index contributed by atoms with van der Waals surface area (Å²) in [6, 6.07) is 5.89. The van der Waals surface area contributed by atoms with Crippen molar-refractivity contribution < 1.29 is 22.8 Å². The number of fused-ring (bicyclic) bond motifs is 1. The summed E-state index contributed by atoms with van der Waals surface area (Å²) in [4.78, 5) is 42.1. The molecule has 2 aromatic rings. The Balaban J connectivity index is 1.38. The highest BCUT2D eigenvalue weighted by Gasteiger charge is 2.38. The summed E-state index contributed by atoms with van der Waals surface area (Å²) >= 11 is 1.34. The standard InChI is InChI=1S/C32H45N5O5S2/c1-21(2)36-19-18-26-27(20-36)43-31(28(26)30(39)35-32(40)33-3)34-29(38)22-14-16-25(17-15-22)44(41,42)37(23-10-6-4-7-11-23)24-12-8-5-9-13-24/h14-17,21,23-24H,4-13,18-20H2,1-3H3,(H,34,38)(H2,33,35,39,40). The van der Waals surface area contributed by atoms with Crippen LogP contribution in [0.1, 0.15) is 109 Å². The lowest BCUT2D eigenvalue weighted by Crippen LogP contribution is -2.48. The first-order valence-electron chi connectivity index (χ1n) is 16.0. The molecule has 2 fully saturated rings. The van der Waals surface area contributed by atoms with E-state index in [1.54, 1.807) is 12.1 Å².